The van der Waals surface area contributed by atoms with Gasteiger partial charge in [-0.2, -0.15) is 0 Å². The minimum atomic E-state index is -0.280. The molecule has 0 fully saturated rings. The van der Waals surface area contributed by atoms with E-state index in [4.69, 9.17) is 0 Å². The van der Waals surface area contributed by atoms with Crippen molar-refractivity contribution in [3.8, 4) is 0 Å². The van der Waals surface area contributed by atoms with Crippen molar-refractivity contribution in [1.29, 1.82) is 0 Å². The Morgan fingerprint density at radius 1 is 1.39 bits per heavy atom. The highest BCUT2D eigenvalue weighted by molar-refractivity contribution is 5.47. The number of hydrogen-bond donors (Lipinski definition) is 1. The van der Waals surface area contributed by atoms with Crippen molar-refractivity contribution in [2.24, 2.45) is 5.92 Å². The molecule has 1 N–H and O–H groups in total. The highest BCUT2D eigenvalue weighted by Gasteiger charge is 2.17. The third-order valence-electron chi connectivity index (χ3n) is 3.38. The van der Waals surface area contributed by atoms with Crippen LogP contribution in [0.2, 0.25) is 0 Å². The van der Waals surface area contributed by atoms with E-state index < -0.39 is 0 Å². The fourth-order valence-electron chi connectivity index (χ4n) is 1.82. The smallest absolute Gasteiger partial charge is 0.141 e. The molecule has 0 bridgehead atoms. The topological polar surface area (TPSA) is 28.2 Å². The molecule has 4 heteroatoms. The van der Waals surface area contributed by atoms with E-state index in [0.29, 0.717) is 18.5 Å². The standard InChI is InChI=1S/C14H24FN3/c1-6-16-8-12-7-13(15)9-17-14(12)18(5)11(4)10(2)3/h7,9-11,16H,6,8H2,1-5H3. The van der Waals surface area contributed by atoms with Gasteiger partial charge < -0.3 is 10.2 Å². The molecule has 102 valence electrons. The number of nitrogens with zero attached hydrogens (tertiary/aromatic N) is 2. The van der Waals surface area contributed by atoms with Gasteiger partial charge in [-0.25, -0.2) is 9.37 Å². The fraction of sp³-hybridized carbons (Fsp3) is 0.643. The van der Waals surface area contributed by atoms with Crippen molar-refractivity contribution in [2.75, 3.05) is 18.5 Å². The van der Waals surface area contributed by atoms with Gasteiger partial charge in [0.1, 0.15) is 11.6 Å². The zero-order chi connectivity index (χ0) is 13.7. The van der Waals surface area contributed by atoms with Crippen LogP contribution < -0.4 is 10.2 Å². The van der Waals surface area contributed by atoms with Gasteiger partial charge in [0, 0.05) is 25.2 Å². The van der Waals surface area contributed by atoms with Crippen LogP contribution in [0.4, 0.5) is 10.2 Å². The molecule has 0 amide bonds. The first-order chi connectivity index (χ1) is 8.47. The monoisotopic (exact) mass is 253 g/mol. The van der Waals surface area contributed by atoms with Gasteiger partial charge in [0.15, 0.2) is 0 Å². The number of nitrogens with one attached hydrogen (secondary N) is 1. The maximum absolute atomic E-state index is 13.3. The van der Waals surface area contributed by atoms with E-state index >= 15 is 0 Å². The molecule has 0 saturated carbocycles. The molecule has 3 nitrogen and oxygen atoms in total. The van der Waals surface area contributed by atoms with Crippen LogP contribution in [-0.4, -0.2) is 24.6 Å². The Bertz CT molecular complexity index is 379. The second-order valence-corrected chi connectivity index (χ2v) is 5.01. The van der Waals surface area contributed by atoms with Crippen LogP contribution in [0, 0.1) is 11.7 Å². The molecule has 1 aromatic heterocycles. The SMILES string of the molecule is CCNCc1cc(F)cnc1N(C)C(C)C(C)C. The lowest BCUT2D eigenvalue weighted by Gasteiger charge is -2.30. The summed E-state index contributed by atoms with van der Waals surface area (Å²) in [4.78, 5) is 6.37. The van der Waals surface area contributed by atoms with Gasteiger partial charge >= 0.3 is 0 Å². The Hall–Kier alpha value is -1.16. The molecule has 1 unspecified atom stereocenters. The number of halogens is 1. The van der Waals surface area contributed by atoms with Crippen molar-refractivity contribution in [1.82, 2.24) is 10.3 Å². The summed E-state index contributed by atoms with van der Waals surface area (Å²) in [6, 6.07) is 1.93. The minimum absolute atomic E-state index is 0.280. The lowest BCUT2D eigenvalue weighted by Crippen LogP contribution is -2.35. The predicted molar refractivity (Wildman–Crippen MR) is 74.3 cm³/mol. The van der Waals surface area contributed by atoms with Gasteiger partial charge in [-0.05, 0) is 25.5 Å². The van der Waals surface area contributed by atoms with Gasteiger partial charge in [-0.15, -0.1) is 0 Å². The van der Waals surface area contributed by atoms with Crippen molar-refractivity contribution >= 4 is 5.82 Å². The zero-order valence-corrected chi connectivity index (χ0v) is 12.0. The number of pyridine rings is 1. The number of hydrogen-bond acceptors (Lipinski definition) is 3. The molecule has 0 spiro atoms. The minimum Gasteiger partial charge on any atom is -0.356 e. The molecule has 0 aliphatic rings. The van der Waals surface area contributed by atoms with Crippen LogP contribution in [0.5, 0.6) is 0 Å². The van der Waals surface area contributed by atoms with Gasteiger partial charge in [-0.1, -0.05) is 20.8 Å². The highest BCUT2D eigenvalue weighted by atomic mass is 19.1. The summed E-state index contributed by atoms with van der Waals surface area (Å²) in [5, 5.41) is 3.22. The summed E-state index contributed by atoms with van der Waals surface area (Å²) in [5.41, 5.74) is 0.909. The van der Waals surface area contributed by atoms with Crippen LogP contribution in [0.1, 0.15) is 33.3 Å². The summed E-state index contributed by atoms with van der Waals surface area (Å²) < 4.78 is 13.3. The fourth-order valence-corrected chi connectivity index (χ4v) is 1.82. The molecule has 1 aromatic rings. The van der Waals surface area contributed by atoms with Crippen molar-refractivity contribution < 1.29 is 4.39 Å². The molecule has 0 aliphatic heterocycles. The Balaban J connectivity index is 2.99. The number of aromatic nitrogens is 1. The summed E-state index contributed by atoms with van der Waals surface area (Å²) in [6.07, 6.45) is 1.29. The molecule has 0 saturated heterocycles. The second-order valence-electron chi connectivity index (χ2n) is 5.01. The Morgan fingerprint density at radius 2 is 2.06 bits per heavy atom. The van der Waals surface area contributed by atoms with Crippen LogP contribution in [-0.2, 0) is 6.54 Å². The second kappa shape index (κ2) is 6.69. The molecule has 0 aliphatic carbocycles. The van der Waals surface area contributed by atoms with E-state index in [1.54, 1.807) is 6.07 Å². The van der Waals surface area contributed by atoms with Gasteiger partial charge in [-0.3, -0.25) is 0 Å². The predicted octanol–water partition coefficient (Wildman–Crippen LogP) is 2.81. The highest BCUT2D eigenvalue weighted by Crippen LogP contribution is 2.21. The Morgan fingerprint density at radius 3 is 2.61 bits per heavy atom. The van der Waals surface area contributed by atoms with Crippen molar-refractivity contribution in [2.45, 2.75) is 40.3 Å². The van der Waals surface area contributed by atoms with Gasteiger partial charge in [0.25, 0.3) is 0 Å². The van der Waals surface area contributed by atoms with Crippen molar-refractivity contribution in [3.05, 3.63) is 23.6 Å². The average molecular weight is 253 g/mol. The average Bonchev–Trinajstić information content (AvgIpc) is 2.34. The first-order valence-electron chi connectivity index (χ1n) is 6.55. The molecule has 18 heavy (non-hydrogen) atoms. The summed E-state index contributed by atoms with van der Waals surface area (Å²) in [5.74, 6) is 1.10. The first-order valence-corrected chi connectivity index (χ1v) is 6.55. The van der Waals surface area contributed by atoms with Crippen LogP contribution >= 0.6 is 0 Å². The maximum atomic E-state index is 13.3. The number of anilines is 1. The van der Waals surface area contributed by atoms with Crippen LogP contribution in [0.3, 0.4) is 0 Å². The number of rotatable bonds is 6. The van der Waals surface area contributed by atoms with Crippen LogP contribution in [0.15, 0.2) is 12.3 Å². The lowest BCUT2D eigenvalue weighted by molar-refractivity contribution is 0.500. The quantitative estimate of drug-likeness (QED) is 0.845. The van der Waals surface area contributed by atoms with Crippen LogP contribution in [0.25, 0.3) is 0 Å². The Labute approximate surface area is 109 Å². The van der Waals surface area contributed by atoms with Crippen molar-refractivity contribution in [3.63, 3.8) is 0 Å². The lowest BCUT2D eigenvalue weighted by atomic mass is 10.0. The molecule has 0 radical (unpaired) electrons. The third kappa shape index (κ3) is 3.67. The third-order valence-corrected chi connectivity index (χ3v) is 3.38. The Kier molecular flexibility index (Phi) is 5.54. The van der Waals surface area contributed by atoms with E-state index in [9.17, 15) is 4.39 Å². The first kappa shape index (κ1) is 14.9. The van der Waals surface area contributed by atoms with Gasteiger partial charge in [0.2, 0.25) is 0 Å². The molecule has 0 aromatic carbocycles. The van der Waals surface area contributed by atoms with E-state index in [0.717, 1.165) is 17.9 Å². The summed E-state index contributed by atoms with van der Waals surface area (Å²) in [6.45, 7) is 10.0. The molecule has 1 heterocycles. The normalized spacial score (nSPS) is 12.8. The zero-order valence-electron chi connectivity index (χ0n) is 12.0. The molecular weight excluding hydrogens is 229 g/mol. The van der Waals surface area contributed by atoms with E-state index in [1.165, 1.54) is 6.20 Å². The maximum Gasteiger partial charge on any atom is 0.141 e. The van der Waals surface area contributed by atoms with E-state index in [2.05, 4.69) is 36.0 Å². The summed E-state index contributed by atoms with van der Waals surface area (Å²) >= 11 is 0. The van der Waals surface area contributed by atoms with E-state index in [-0.39, 0.29) is 5.82 Å². The van der Waals surface area contributed by atoms with E-state index in [1.807, 2.05) is 14.0 Å². The molecule has 1 rings (SSSR count). The molecule has 1 atom stereocenters. The largest absolute Gasteiger partial charge is 0.356 e. The van der Waals surface area contributed by atoms with Gasteiger partial charge in [0.05, 0.1) is 6.20 Å². The summed E-state index contributed by atoms with van der Waals surface area (Å²) in [7, 11) is 2.01. The molecular formula is C14H24FN3.